The van der Waals surface area contributed by atoms with Crippen LogP contribution in [0.15, 0.2) is 29.3 Å². The third-order valence-electron chi connectivity index (χ3n) is 5.46. The summed E-state index contributed by atoms with van der Waals surface area (Å²) in [6.45, 7) is 6.62. The van der Waals surface area contributed by atoms with Crippen LogP contribution in [0.25, 0.3) is 0 Å². The Morgan fingerprint density at radius 3 is 2.66 bits per heavy atom. The number of rotatable bonds is 6. The van der Waals surface area contributed by atoms with Gasteiger partial charge >= 0.3 is 0 Å². The topological polar surface area (TPSA) is 66.0 Å². The lowest BCUT2D eigenvalue weighted by Gasteiger charge is -2.38. The summed E-state index contributed by atoms with van der Waals surface area (Å²) < 4.78 is 19.3. The lowest BCUT2D eigenvalue weighted by Crippen LogP contribution is -2.50. The van der Waals surface area contributed by atoms with E-state index in [-0.39, 0.29) is 23.9 Å². The Morgan fingerprint density at radius 1 is 1.24 bits per heavy atom. The molecule has 0 bridgehead atoms. The largest absolute Gasteiger partial charge is 0.367 e. The number of benzene rings is 1. The molecular weight excluding hydrogens is 371 g/mol. The fourth-order valence-electron chi connectivity index (χ4n) is 4.05. The van der Waals surface area contributed by atoms with E-state index in [1.54, 1.807) is 12.1 Å². The first-order chi connectivity index (χ1) is 14.0. The van der Waals surface area contributed by atoms with Gasteiger partial charge in [0, 0.05) is 25.6 Å². The smallest absolute Gasteiger partial charge is 0.222 e. The lowest BCUT2D eigenvalue weighted by atomic mass is 10.1. The quantitative estimate of drug-likeness (QED) is 0.565. The van der Waals surface area contributed by atoms with Gasteiger partial charge in [-0.1, -0.05) is 25.0 Å². The maximum atomic E-state index is 13.3. The van der Waals surface area contributed by atoms with Gasteiger partial charge in [0.2, 0.25) is 5.91 Å². The molecule has 160 valence electrons. The van der Waals surface area contributed by atoms with Crippen molar-refractivity contribution in [2.75, 3.05) is 26.2 Å². The summed E-state index contributed by atoms with van der Waals surface area (Å²) in [5.74, 6) is 0.625. The highest BCUT2D eigenvalue weighted by atomic mass is 19.1. The maximum absolute atomic E-state index is 13.3. The first-order valence-corrected chi connectivity index (χ1v) is 10.8. The first kappa shape index (κ1) is 21.6. The number of aliphatic imine (C=N–C) groups is 1. The Labute approximate surface area is 172 Å². The number of nitrogens with zero attached hydrogens (tertiary/aromatic N) is 2. The highest BCUT2D eigenvalue weighted by Crippen LogP contribution is 2.25. The molecule has 1 aliphatic heterocycles. The molecule has 3 rings (SSSR count). The Balaban J connectivity index is 1.59. The minimum absolute atomic E-state index is 0.0216. The average molecular weight is 405 g/mol. The zero-order valence-corrected chi connectivity index (χ0v) is 17.5. The second kappa shape index (κ2) is 10.6. The van der Waals surface area contributed by atoms with Crippen molar-refractivity contribution in [1.29, 1.82) is 0 Å². The van der Waals surface area contributed by atoms with Crippen molar-refractivity contribution in [3.63, 3.8) is 0 Å². The van der Waals surface area contributed by atoms with E-state index in [2.05, 4.69) is 20.5 Å². The fraction of sp³-hybridized carbons (Fsp3) is 0.636. The highest BCUT2D eigenvalue weighted by Gasteiger charge is 2.28. The highest BCUT2D eigenvalue weighted by molar-refractivity contribution is 5.81. The van der Waals surface area contributed by atoms with E-state index in [1.165, 1.54) is 25.0 Å². The van der Waals surface area contributed by atoms with Crippen LogP contribution in [0.3, 0.4) is 0 Å². The normalized spacial score (nSPS) is 23.3. The first-order valence-electron chi connectivity index (χ1n) is 10.8. The van der Waals surface area contributed by atoms with Crippen LogP contribution in [0.1, 0.15) is 57.6 Å². The molecule has 1 aliphatic carbocycles. The van der Waals surface area contributed by atoms with Gasteiger partial charge in [0.15, 0.2) is 5.96 Å². The predicted octanol–water partition coefficient (Wildman–Crippen LogP) is 3.00. The standard InChI is InChI=1S/C22H33FN4O2/c1-3-24-22(25-13-12-21(28)26-19-6-4-5-7-19)27-14-16(2)29-20(15-27)17-8-10-18(23)11-9-17/h8-11,16,19-20H,3-7,12-15H2,1-2H3,(H,24,25)(H,26,28). The molecular formula is C22H33FN4O2. The lowest BCUT2D eigenvalue weighted by molar-refractivity contribution is -0.121. The Bertz CT molecular complexity index is 689. The number of halogens is 1. The average Bonchev–Trinajstić information content (AvgIpc) is 3.20. The van der Waals surface area contributed by atoms with Crippen LogP contribution in [0.5, 0.6) is 0 Å². The molecule has 0 aromatic heterocycles. The summed E-state index contributed by atoms with van der Waals surface area (Å²) in [7, 11) is 0. The van der Waals surface area contributed by atoms with Gasteiger partial charge in [-0.15, -0.1) is 0 Å². The monoisotopic (exact) mass is 404 g/mol. The van der Waals surface area contributed by atoms with E-state index < -0.39 is 0 Å². The number of morpholine rings is 1. The van der Waals surface area contributed by atoms with E-state index in [9.17, 15) is 9.18 Å². The van der Waals surface area contributed by atoms with E-state index in [0.29, 0.717) is 25.6 Å². The molecule has 1 amide bonds. The molecule has 1 saturated heterocycles. The van der Waals surface area contributed by atoms with Crippen LogP contribution in [0.4, 0.5) is 4.39 Å². The number of carbonyl (C=O) groups excluding carboxylic acids is 1. The molecule has 2 N–H and O–H groups in total. The third-order valence-corrected chi connectivity index (χ3v) is 5.46. The van der Waals surface area contributed by atoms with E-state index >= 15 is 0 Å². The van der Waals surface area contributed by atoms with Crippen molar-refractivity contribution in [2.24, 2.45) is 4.99 Å². The summed E-state index contributed by atoms with van der Waals surface area (Å²) in [4.78, 5) is 19.0. The van der Waals surface area contributed by atoms with E-state index in [0.717, 1.165) is 37.5 Å². The van der Waals surface area contributed by atoms with Gasteiger partial charge < -0.3 is 20.3 Å². The van der Waals surface area contributed by atoms with Crippen LogP contribution < -0.4 is 10.6 Å². The van der Waals surface area contributed by atoms with Gasteiger partial charge in [-0.05, 0) is 44.4 Å². The molecule has 7 heteroatoms. The van der Waals surface area contributed by atoms with Crippen molar-refractivity contribution >= 4 is 11.9 Å². The summed E-state index contributed by atoms with van der Waals surface area (Å²) in [5.41, 5.74) is 0.953. The van der Waals surface area contributed by atoms with Crippen LogP contribution in [-0.4, -0.2) is 55.1 Å². The van der Waals surface area contributed by atoms with Crippen molar-refractivity contribution in [1.82, 2.24) is 15.5 Å². The Kier molecular flexibility index (Phi) is 7.86. The van der Waals surface area contributed by atoms with Gasteiger partial charge in [0.1, 0.15) is 11.9 Å². The number of hydrogen-bond donors (Lipinski definition) is 2. The molecule has 2 aliphatic rings. The van der Waals surface area contributed by atoms with Crippen molar-refractivity contribution in [2.45, 2.75) is 64.2 Å². The number of ether oxygens (including phenoxy) is 1. The van der Waals surface area contributed by atoms with E-state index in [4.69, 9.17) is 4.74 Å². The molecule has 2 atom stereocenters. The molecule has 1 aromatic carbocycles. The summed E-state index contributed by atoms with van der Waals surface area (Å²) >= 11 is 0. The zero-order valence-electron chi connectivity index (χ0n) is 17.5. The Hall–Kier alpha value is -2.15. The van der Waals surface area contributed by atoms with Gasteiger partial charge in [0.25, 0.3) is 0 Å². The number of guanidine groups is 1. The molecule has 0 spiro atoms. The third kappa shape index (κ3) is 6.42. The Morgan fingerprint density at radius 2 is 1.97 bits per heavy atom. The second-order valence-electron chi connectivity index (χ2n) is 7.93. The molecule has 29 heavy (non-hydrogen) atoms. The number of hydrogen-bond acceptors (Lipinski definition) is 3. The van der Waals surface area contributed by atoms with Crippen LogP contribution in [0.2, 0.25) is 0 Å². The van der Waals surface area contributed by atoms with Gasteiger partial charge in [-0.3, -0.25) is 9.79 Å². The van der Waals surface area contributed by atoms with Gasteiger partial charge in [-0.25, -0.2) is 4.39 Å². The SMILES string of the molecule is CCNC(=NCCC(=O)NC1CCCC1)N1CC(C)OC(c2ccc(F)cc2)C1. The summed E-state index contributed by atoms with van der Waals surface area (Å²) in [6.07, 6.45) is 4.87. The number of carbonyl (C=O) groups is 1. The second-order valence-corrected chi connectivity index (χ2v) is 7.93. The van der Waals surface area contributed by atoms with Gasteiger partial charge in [-0.2, -0.15) is 0 Å². The minimum Gasteiger partial charge on any atom is -0.367 e. The molecule has 2 unspecified atom stereocenters. The van der Waals surface area contributed by atoms with Crippen LogP contribution in [0, 0.1) is 5.82 Å². The fourth-order valence-corrected chi connectivity index (χ4v) is 4.05. The van der Waals surface area contributed by atoms with Crippen LogP contribution in [-0.2, 0) is 9.53 Å². The number of nitrogens with one attached hydrogen (secondary N) is 2. The van der Waals surface area contributed by atoms with Crippen molar-refractivity contribution in [3.8, 4) is 0 Å². The van der Waals surface area contributed by atoms with Gasteiger partial charge in [0.05, 0.1) is 19.2 Å². The minimum atomic E-state index is -0.250. The van der Waals surface area contributed by atoms with Crippen LogP contribution >= 0.6 is 0 Å². The summed E-state index contributed by atoms with van der Waals surface area (Å²) in [6, 6.07) is 6.81. The van der Waals surface area contributed by atoms with Crippen molar-refractivity contribution < 1.29 is 13.9 Å². The molecule has 2 fully saturated rings. The van der Waals surface area contributed by atoms with Crippen molar-refractivity contribution in [3.05, 3.63) is 35.6 Å². The molecule has 1 saturated carbocycles. The number of amides is 1. The maximum Gasteiger partial charge on any atom is 0.222 e. The molecule has 1 heterocycles. The summed E-state index contributed by atoms with van der Waals surface area (Å²) in [5, 5.41) is 6.44. The molecule has 6 nitrogen and oxygen atoms in total. The predicted molar refractivity (Wildman–Crippen MR) is 112 cm³/mol. The molecule has 0 radical (unpaired) electrons. The van der Waals surface area contributed by atoms with E-state index in [1.807, 2.05) is 13.8 Å². The molecule has 1 aromatic rings. The zero-order chi connectivity index (χ0) is 20.6.